The fraction of sp³-hybridized carbons (Fsp3) is 0.545. The molecular formula is C22H31N5O. The summed E-state index contributed by atoms with van der Waals surface area (Å²) < 4.78 is 5.18. The summed E-state index contributed by atoms with van der Waals surface area (Å²) in [7, 11) is 1.77. The van der Waals surface area contributed by atoms with Crippen LogP contribution in [0.15, 0.2) is 36.7 Å². The number of nitrogens with zero attached hydrogens (tertiary/aromatic N) is 5. The van der Waals surface area contributed by atoms with Crippen LogP contribution in [0.3, 0.4) is 0 Å². The third-order valence-electron chi connectivity index (χ3n) is 5.80. The molecule has 2 aromatic rings. The molecule has 0 bridgehead atoms. The molecule has 150 valence electrons. The van der Waals surface area contributed by atoms with Crippen LogP contribution in [0, 0.1) is 0 Å². The molecular weight excluding hydrogens is 350 g/mol. The van der Waals surface area contributed by atoms with Gasteiger partial charge in [0.1, 0.15) is 0 Å². The molecule has 3 heterocycles. The molecule has 1 aromatic carbocycles. The van der Waals surface area contributed by atoms with Crippen molar-refractivity contribution in [1.29, 1.82) is 0 Å². The number of hydrogen-bond acceptors (Lipinski definition) is 6. The Morgan fingerprint density at radius 3 is 2.14 bits per heavy atom. The number of ether oxygens (including phenoxy) is 1. The Morgan fingerprint density at radius 2 is 1.50 bits per heavy atom. The summed E-state index contributed by atoms with van der Waals surface area (Å²) in [4.78, 5) is 16.6. The Kier molecular flexibility index (Phi) is 6.52. The fourth-order valence-electron chi connectivity index (χ4n) is 4.02. The minimum absolute atomic E-state index is 0.807. The average molecular weight is 382 g/mol. The Hall–Kier alpha value is -2.02. The van der Waals surface area contributed by atoms with E-state index in [-0.39, 0.29) is 0 Å². The number of anilines is 1. The second kappa shape index (κ2) is 9.45. The van der Waals surface area contributed by atoms with E-state index in [1.54, 1.807) is 7.11 Å². The Labute approximate surface area is 168 Å². The van der Waals surface area contributed by atoms with E-state index in [1.165, 1.54) is 18.4 Å². The number of hydrogen-bond donors (Lipinski definition) is 0. The molecule has 2 saturated heterocycles. The normalized spacial score (nSPS) is 18.7. The standard InChI is InChI=1S/C22H31N5O/c1-28-15-14-25-10-12-26(13-11-25)18-19-4-6-20(7-5-19)22-23-16-21(17-24-22)27-8-2-3-9-27/h4-7,16-17H,2-3,8-15,18H2,1H3. The van der Waals surface area contributed by atoms with Gasteiger partial charge in [0.2, 0.25) is 0 Å². The maximum absolute atomic E-state index is 5.18. The molecule has 0 N–H and O–H groups in total. The highest BCUT2D eigenvalue weighted by Gasteiger charge is 2.17. The van der Waals surface area contributed by atoms with E-state index in [0.29, 0.717) is 0 Å². The summed E-state index contributed by atoms with van der Waals surface area (Å²) in [6, 6.07) is 8.72. The summed E-state index contributed by atoms with van der Waals surface area (Å²) >= 11 is 0. The summed E-state index contributed by atoms with van der Waals surface area (Å²) in [6.07, 6.45) is 6.46. The largest absolute Gasteiger partial charge is 0.383 e. The molecule has 1 aromatic heterocycles. The first-order valence-corrected chi connectivity index (χ1v) is 10.4. The molecule has 0 amide bonds. The minimum atomic E-state index is 0.807. The molecule has 2 fully saturated rings. The van der Waals surface area contributed by atoms with Gasteiger partial charge in [-0.05, 0) is 18.4 Å². The second-order valence-electron chi connectivity index (χ2n) is 7.77. The molecule has 2 aliphatic rings. The lowest BCUT2D eigenvalue weighted by molar-refractivity contribution is 0.0938. The molecule has 0 radical (unpaired) electrons. The fourth-order valence-corrected chi connectivity index (χ4v) is 4.02. The van der Waals surface area contributed by atoms with E-state index in [2.05, 4.69) is 48.9 Å². The van der Waals surface area contributed by atoms with Crippen molar-refractivity contribution in [2.45, 2.75) is 19.4 Å². The van der Waals surface area contributed by atoms with E-state index in [0.717, 1.165) is 76.0 Å². The van der Waals surface area contributed by atoms with Crippen molar-refractivity contribution in [2.75, 3.05) is 64.4 Å². The molecule has 4 rings (SSSR count). The van der Waals surface area contributed by atoms with Crippen LogP contribution in [0.5, 0.6) is 0 Å². The summed E-state index contributed by atoms with van der Waals surface area (Å²) in [5.41, 5.74) is 3.58. The van der Waals surface area contributed by atoms with E-state index in [9.17, 15) is 0 Å². The Balaban J connectivity index is 1.30. The maximum Gasteiger partial charge on any atom is 0.159 e. The molecule has 0 unspecified atom stereocenters. The van der Waals surface area contributed by atoms with Crippen molar-refractivity contribution >= 4 is 5.69 Å². The molecule has 6 heteroatoms. The molecule has 28 heavy (non-hydrogen) atoms. The van der Waals surface area contributed by atoms with Crippen LogP contribution in [-0.4, -0.2) is 79.3 Å². The van der Waals surface area contributed by atoms with Crippen LogP contribution in [0.25, 0.3) is 11.4 Å². The van der Waals surface area contributed by atoms with Crippen molar-refractivity contribution in [2.24, 2.45) is 0 Å². The minimum Gasteiger partial charge on any atom is -0.383 e. The van der Waals surface area contributed by atoms with Crippen LogP contribution in [-0.2, 0) is 11.3 Å². The van der Waals surface area contributed by atoms with Gasteiger partial charge in [0.25, 0.3) is 0 Å². The van der Waals surface area contributed by atoms with Crippen LogP contribution >= 0.6 is 0 Å². The van der Waals surface area contributed by atoms with Gasteiger partial charge in [-0.1, -0.05) is 24.3 Å². The number of aromatic nitrogens is 2. The first kappa shape index (κ1) is 19.3. The highest BCUT2D eigenvalue weighted by Crippen LogP contribution is 2.21. The van der Waals surface area contributed by atoms with Gasteiger partial charge in [-0.15, -0.1) is 0 Å². The number of benzene rings is 1. The third kappa shape index (κ3) is 4.87. The Bertz CT molecular complexity index is 720. The summed E-state index contributed by atoms with van der Waals surface area (Å²) in [5.74, 6) is 0.807. The van der Waals surface area contributed by atoms with Crippen LogP contribution in [0.2, 0.25) is 0 Å². The zero-order valence-corrected chi connectivity index (χ0v) is 16.9. The van der Waals surface area contributed by atoms with Crippen LogP contribution in [0.1, 0.15) is 18.4 Å². The smallest absolute Gasteiger partial charge is 0.159 e. The molecule has 2 aliphatic heterocycles. The predicted molar refractivity (Wildman–Crippen MR) is 113 cm³/mol. The first-order chi connectivity index (χ1) is 13.8. The van der Waals surface area contributed by atoms with E-state index >= 15 is 0 Å². The Morgan fingerprint density at radius 1 is 0.857 bits per heavy atom. The molecule has 0 spiro atoms. The van der Waals surface area contributed by atoms with Gasteiger partial charge in [-0.3, -0.25) is 9.80 Å². The highest BCUT2D eigenvalue weighted by molar-refractivity contribution is 5.57. The quantitative estimate of drug-likeness (QED) is 0.734. The van der Waals surface area contributed by atoms with Gasteiger partial charge in [0.15, 0.2) is 5.82 Å². The van der Waals surface area contributed by atoms with Crippen molar-refractivity contribution in [3.8, 4) is 11.4 Å². The average Bonchev–Trinajstić information content (AvgIpc) is 3.29. The third-order valence-corrected chi connectivity index (χ3v) is 5.80. The summed E-state index contributed by atoms with van der Waals surface area (Å²) in [6.45, 7) is 9.59. The van der Waals surface area contributed by atoms with Crippen LogP contribution in [0.4, 0.5) is 5.69 Å². The van der Waals surface area contributed by atoms with Crippen molar-refractivity contribution < 1.29 is 4.74 Å². The van der Waals surface area contributed by atoms with E-state index in [1.807, 2.05) is 12.4 Å². The lowest BCUT2D eigenvalue weighted by Gasteiger charge is -2.34. The van der Waals surface area contributed by atoms with Gasteiger partial charge in [-0.2, -0.15) is 0 Å². The highest BCUT2D eigenvalue weighted by atomic mass is 16.5. The zero-order chi connectivity index (χ0) is 19.2. The van der Waals surface area contributed by atoms with Gasteiger partial charge in [0, 0.05) is 65.0 Å². The van der Waals surface area contributed by atoms with Crippen molar-refractivity contribution in [3.63, 3.8) is 0 Å². The van der Waals surface area contributed by atoms with Gasteiger partial charge in [0.05, 0.1) is 24.7 Å². The van der Waals surface area contributed by atoms with E-state index < -0.39 is 0 Å². The first-order valence-electron chi connectivity index (χ1n) is 10.4. The second-order valence-corrected chi connectivity index (χ2v) is 7.77. The van der Waals surface area contributed by atoms with E-state index in [4.69, 9.17) is 4.74 Å². The van der Waals surface area contributed by atoms with Crippen molar-refractivity contribution in [1.82, 2.24) is 19.8 Å². The molecule has 6 nitrogen and oxygen atoms in total. The topological polar surface area (TPSA) is 44.7 Å². The summed E-state index contributed by atoms with van der Waals surface area (Å²) in [5, 5.41) is 0. The number of methoxy groups -OCH3 is 1. The van der Waals surface area contributed by atoms with Crippen molar-refractivity contribution in [3.05, 3.63) is 42.2 Å². The SMILES string of the molecule is COCCN1CCN(Cc2ccc(-c3ncc(N4CCCC4)cn3)cc2)CC1. The van der Waals surface area contributed by atoms with Crippen LogP contribution < -0.4 is 4.90 Å². The molecule has 0 atom stereocenters. The number of rotatable bonds is 7. The lowest BCUT2D eigenvalue weighted by Crippen LogP contribution is -2.46. The van der Waals surface area contributed by atoms with Gasteiger partial charge in [-0.25, -0.2) is 9.97 Å². The zero-order valence-electron chi connectivity index (χ0n) is 16.9. The molecule has 0 aliphatic carbocycles. The van der Waals surface area contributed by atoms with Gasteiger partial charge < -0.3 is 9.64 Å². The predicted octanol–water partition coefficient (Wildman–Crippen LogP) is 2.51. The van der Waals surface area contributed by atoms with Gasteiger partial charge >= 0.3 is 0 Å². The maximum atomic E-state index is 5.18. The number of piperazine rings is 1. The monoisotopic (exact) mass is 381 g/mol. The molecule has 0 saturated carbocycles. The lowest BCUT2D eigenvalue weighted by atomic mass is 10.1.